The molecular formula is C15H26N2O4. The SMILES string of the molecule is CC1(C(=O)O)CCN(C(=O)NCCCOC2CCCC2)C1. The number of likely N-dealkylation sites (tertiary alicyclic amines) is 1. The van der Waals surface area contributed by atoms with E-state index in [1.807, 2.05) is 0 Å². The van der Waals surface area contributed by atoms with Crippen molar-refractivity contribution in [3.8, 4) is 0 Å². The van der Waals surface area contributed by atoms with Crippen LogP contribution in [0.4, 0.5) is 4.79 Å². The maximum absolute atomic E-state index is 12.0. The van der Waals surface area contributed by atoms with Crippen LogP contribution >= 0.6 is 0 Å². The fourth-order valence-electron chi connectivity index (χ4n) is 2.99. The highest BCUT2D eigenvalue weighted by Gasteiger charge is 2.42. The molecule has 1 saturated carbocycles. The van der Waals surface area contributed by atoms with E-state index in [1.165, 1.54) is 12.8 Å². The van der Waals surface area contributed by atoms with Gasteiger partial charge < -0.3 is 20.1 Å². The summed E-state index contributed by atoms with van der Waals surface area (Å²) in [5.74, 6) is -0.831. The number of aliphatic carboxylic acids is 1. The molecule has 1 saturated heterocycles. The van der Waals surface area contributed by atoms with Gasteiger partial charge in [-0.05, 0) is 32.6 Å². The van der Waals surface area contributed by atoms with Crippen molar-refractivity contribution in [3.63, 3.8) is 0 Å². The van der Waals surface area contributed by atoms with Gasteiger partial charge in [0.1, 0.15) is 0 Å². The molecule has 1 aliphatic carbocycles. The Kier molecular flexibility index (Phi) is 5.45. The predicted octanol–water partition coefficient (Wildman–Crippen LogP) is 1.84. The van der Waals surface area contributed by atoms with E-state index >= 15 is 0 Å². The first kappa shape index (κ1) is 16.1. The van der Waals surface area contributed by atoms with Crippen molar-refractivity contribution in [2.45, 2.75) is 51.6 Å². The summed E-state index contributed by atoms with van der Waals surface area (Å²) in [6, 6.07) is -0.166. The van der Waals surface area contributed by atoms with E-state index < -0.39 is 11.4 Å². The first-order valence-corrected chi connectivity index (χ1v) is 7.89. The van der Waals surface area contributed by atoms with Crippen molar-refractivity contribution in [2.24, 2.45) is 5.41 Å². The van der Waals surface area contributed by atoms with E-state index in [2.05, 4.69) is 5.32 Å². The average Bonchev–Trinajstić information content (AvgIpc) is 3.08. The highest BCUT2D eigenvalue weighted by atomic mass is 16.5. The van der Waals surface area contributed by atoms with E-state index in [9.17, 15) is 9.59 Å². The van der Waals surface area contributed by atoms with Gasteiger partial charge in [0.25, 0.3) is 0 Å². The highest BCUT2D eigenvalue weighted by Crippen LogP contribution is 2.29. The number of hydrogen-bond donors (Lipinski definition) is 2. The Morgan fingerprint density at radius 2 is 2.10 bits per heavy atom. The first-order chi connectivity index (χ1) is 10.0. The van der Waals surface area contributed by atoms with Gasteiger partial charge in [-0.25, -0.2) is 4.79 Å². The largest absolute Gasteiger partial charge is 0.481 e. The van der Waals surface area contributed by atoms with Gasteiger partial charge in [0.05, 0.1) is 11.5 Å². The lowest BCUT2D eigenvalue weighted by Crippen LogP contribution is -2.41. The molecule has 2 amide bonds. The van der Waals surface area contributed by atoms with Gasteiger partial charge in [0.2, 0.25) is 0 Å². The molecule has 6 nitrogen and oxygen atoms in total. The minimum Gasteiger partial charge on any atom is -0.481 e. The molecule has 6 heteroatoms. The number of nitrogens with zero attached hydrogens (tertiary/aromatic N) is 1. The molecule has 0 aromatic heterocycles. The molecule has 1 atom stereocenters. The Morgan fingerprint density at radius 1 is 1.38 bits per heavy atom. The number of nitrogens with one attached hydrogen (secondary N) is 1. The summed E-state index contributed by atoms with van der Waals surface area (Å²) in [7, 11) is 0. The molecular weight excluding hydrogens is 272 g/mol. The van der Waals surface area contributed by atoms with E-state index in [-0.39, 0.29) is 12.6 Å². The van der Waals surface area contributed by atoms with Gasteiger partial charge in [-0.3, -0.25) is 4.79 Å². The second-order valence-corrected chi connectivity index (χ2v) is 6.40. The Balaban J connectivity index is 1.58. The molecule has 0 spiro atoms. The zero-order valence-corrected chi connectivity index (χ0v) is 12.8. The van der Waals surface area contributed by atoms with Gasteiger partial charge in [0, 0.05) is 26.2 Å². The van der Waals surface area contributed by atoms with Gasteiger partial charge in [-0.1, -0.05) is 12.8 Å². The molecule has 0 aromatic carbocycles. The molecule has 2 rings (SSSR count). The van der Waals surface area contributed by atoms with E-state index in [0.717, 1.165) is 19.3 Å². The number of carboxylic acids is 1. The Bertz CT molecular complexity index is 382. The number of carbonyl (C=O) groups is 2. The molecule has 2 fully saturated rings. The second-order valence-electron chi connectivity index (χ2n) is 6.40. The second kappa shape index (κ2) is 7.11. The predicted molar refractivity (Wildman–Crippen MR) is 78.2 cm³/mol. The molecule has 1 heterocycles. The van der Waals surface area contributed by atoms with Crippen molar-refractivity contribution < 1.29 is 19.4 Å². The van der Waals surface area contributed by atoms with Crippen molar-refractivity contribution >= 4 is 12.0 Å². The number of rotatable bonds is 6. The van der Waals surface area contributed by atoms with Crippen LogP contribution in [-0.4, -0.2) is 54.4 Å². The van der Waals surface area contributed by atoms with Crippen molar-refractivity contribution in [2.75, 3.05) is 26.2 Å². The number of carbonyl (C=O) groups excluding carboxylic acids is 1. The molecule has 2 aliphatic rings. The molecule has 0 bridgehead atoms. The first-order valence-electron chi connectivity index (χ1n) is 7.89. The zero-order valence-electron chi connectivity index (χ0n) is 12.8. The van der Waals surface area contributed by atoms with E-state index in [1.54, 1.807) is 11.8 Å². The van der Waals surface area contributed by atoms with Crippen LogP contribution in [0.15, 0.2) is 0 Å². The van der Waals surface area contributed by atoms with Crippen LogP contribution < -0.4 is 5.32 Å². The summed E-state index contributed by atoms with van der Waals surface area (Å²) in [4.78, 5) is 24.7. The van der Waals surface area contributed by atoms with E-state index in [0.29, 0.717) is 32.2 Å². The quantitative estimate of drug-likeness (QED) is 0.733. The fraction of sp³-hybridized carbons (Fsp3) is 0.867. The van der Waals surface area contributed by atoms with Gasteiger partial charge in [-0.15, -0.1) is 0 Å². The summed E-state index contributed by atoms with van der Waals surface area (Å²) in [6.45, 7) is 3.74. The Hall–Kier alpha value is -1.30. The minimum absolute atomic E-state index is 0.166. The summed E-state index contributed by atoms with van der Waals surface area (Å²) in [5, 5.41) is 12.0. The van der Waals surface area contributed by atoms with Crippen LogP contribution in [0, 0.1) is 5.41 Å². The maximum atomic E-state index is 12.0. The number of amides is 2. The lowest BCUT2D eigenvalue weighted by Gasteiger charge is -2.20. The van der Waals surface area contributed by atoms with Crippen LogP contribution in [0.5, 0.6) is 0 Å². The van der Waals surface area contributed by atoms with Gasteiger partial charge >= 0.3 is 12.0 Å². The minimum atomic E-state index is -0.831. The monoisotopic (exact) mass is 298 g/mol. The standard InChI is InChI=1S/C15H26N2O4/c1-15(13(18)19)7-9-17(11-15)14(20)16-8-4-10-21-12-5-2-3-6-12/h12H,2-11H2,1H3,(H,16,20)(H,18,19). The Labute approximate surface area is 125 Å². The van der Waals surface area contributed by atoms with E-state index in [4.69, 9.17) is 9.84 Å². The molecule has 1 aliphatic heterocycles. The third-order valence-electron chi connectivity index (χ3n) is 4.53. The maximum Gasteiger partial charge on any atom is 0.317 e. The van der Waals surface area contributed by atoms with Crippen LogP contribution in [0.1, 0.15) is 45.4 Å². The highest BCUT2D eigenvalue weighted by molar-refractivity contribution is 5.79. The fourth-order valence-corrected chi connectivity index (χ4v) is 2.99. The van der Waals surface area contributed by atoms with Crippen molar-refractivity contribution in [1.82, 2.24) is 10.2 Å². The van der Waals surface area contributed by atoms with Crippen molar-refractivity contribution in [3.05, 3.63) is 0 Å². The summed E-state index contributed by atoms with van der Waals surface area (Å²) in [5.41, 5.74) is -0.803. The third kappa shape index (κ3) is 4.33. The van der Waals surface area contributed by atoms with Crippen LogP contribution in [0.3, 0.4) is 0 Å². The normalized spacial score (nSPS) is 26.2. The summed E-state index contributed by atoms with van der Waals surface area (Å²) in [6.07, 6.45) is 6.57. The molecule has 2 N–H and O–H groups in total. The lowest BCUT2D eigenvalue weighted by atomic mass is 9.90. The summed E-state index contributed by atoms with van der Waals surface area (Å²) < 4.78 is 5.73. The smallest absolute Gasteiger partial charge is 0.317 e. The number of carboxylic acid groups (broad SMARTS) is 1. The van der Waals surface area contributed by atoms with Gasteiger partial charge in [0.15, 0.2) is 0 Å². The van der Waals surface area contributed by atoms with Gasteiger partial charge in [-0.2, -0.15) is 0 Å². The number of hydrogen-bond acceptors (Lipinski definition) is 3. The number of ether oxygens (including phenoxy) is 1. The van der Waals surface area contributed by atoms with Crippen LogP contribution in [-0.2, 0) is 9.53 Å². The topological polar surface area (TPSA) is 78.9 Å². The van der Waals surface area contributed by atoms with Crippen LogP contribution in [0.25, 0.3) is 0 Å². The molecule has 0 aromatic rings. The Morgan fingerprint density at radius 3 is 2.71 bits per heavy atom. The zero-order chi connectivity index (χ0) is 15.3. The number of urea groups is 1. The third-order valence-corrected chi connectivity index (χ3v) is 4.53. The van der Waals surface area contributed by atoms with Crippen molar-refractivity contribution in [1.29, 1.82) is 0 Å². The van der Waals surface area contributed by atoms with Crippen LogP contribution in [0.2, 0.25) is 0 Å². The average molecular weight is 298 g/mol. The molecule has 1 unspecified atom stereocenters. The lowest BCUT2D eigenvalue weighted by molar-refractivity contribution is -0.146. The summed E-state index contributed by atoms with van der Waals surface area (Å²) >= 11 is 0. The molecule has 21 heavy (non-hydrogen) atoms. The molecule has 0 radical (unpaired) electrons. The molecule has 120 valence electrons.